The number of benzene rings is 1. The molecule has 1 aromatic carbocycles. The van der Waals surface area contributed by atoms with E-state index in [1.54, 1.807) is 6.92 Å². The summed E-state index contributed by atoms with van der Waals surface area (Å²) in [6, 6.07) is 5.44. The molecule has 0 amide bonds. The van der Waals surface area contributed by atoms with Crippen LogP contribution in [-0.4, -0.2) is 47.6 Å². The molecule has 154 valence electrons. The van der Waals surface area contributed by atoms with Gasteiger partial charge in [0.2, 0.25) is 0 Å². The average Bonchev–Trinajstić information content (AvgIpc) is 2.69. The third-order valence-electron chi connectivity index (χ3n) is 3.64. The van der Waals surface area contributed by atoms with Crippen LogP contribution in [0.5, 0.6) is 11.5 Å². The van der Waals surface area contributed by atoms with Gasteiger partial charge in [0.15, 0.2) is 11.5 Å². The van der Waals surface area contributed by atoms with E-state index in [1.165, 1.54) is 31.2 Å². The van der Waals surface area contributed by atoms with Gasteiger partial charge in [0.25, 0.3) is 5.69 Å². The number of non-ortho nitro benzene ring substituents is 1. The number of ether oxygens (including phenoxy) is 4. The zero-order valence-corrected chi connectivity index (χ0v) is 15.8. The maximum Gasteiger partial charge on any atom is 0.514 e. The van der Waals surface area contributed by atoms with Crippen molar-refractivity contribution in [2.24, 2.45) is 0 Å². The second-order valence-electron chi connectivity index (χ2n) is 5.60. The number of nitro groups is 1. The Kier molecular flexibility index (Phi) is 7.04. The van der Waals surface area contributed by atoms with E-state index in [-0.39, 0.29) is 46.3 Å². The predicted molar refractivity (Wildman–Crippen MR) is 97.9 cm³/mol. The lowest BCUT2D eigenvalue weighted by atomic mass is 10.0. The molecule has 0 saturated carbocycles. The van der Waals surface area contributed by atoms with Crippen molar-refractivity contribution >= 4 is 18.0 Å². The highest BCUT2D eigenvalue weighted by Gasteiger charge is 2.26. The van der Waals surface area contributed by atoms with Crippen molar-refractivity contribution in [2.45, 2.75) is 13.8 Å². The highest BCUT2D eigenvalue weighted by molar-refractivity contribution is 5.84. The van der Waals surface area contributed by atoms with Crippen LogP contribution in [-0.2, 0) is 9.47 Å². The van der Waals surface area contributed by atoms with Gasteiger partial charge in [-0.05, 0) is 19.4 Å². The number of aliphatic hydroxyl groups excluding tert-OH is 1. The van der Waals surface area contributed by atoms with Crippen molar-refractivity contribution < 1.29 is 38.6 Å². The largest absolute Gasteiger partial charge is 0.514 e. The Morgan fingerprint density at radius 3 is 2.31 bits per heavy atom. The van der Waals surface area contributed by atoms with Crippen LogP contribution in [0.4, 0.5) is 15.3 Å². The first-order valence-corrected chi connectivity index (χ1v) is 8.25. The number of aromatic nitrogens is 1. The Morgan fingerprint density at radius 2 is 1.76 bits per heavy atom. The number of methoxy groups -OCH3 is 1. The summed E-state index contributed by atoms with van der Waals surface area (Å²) in [5, 5.41) is 19.9. The molecule has 0 bridgehead atoms. The van der Waals surface area contributed by atoms with Crippen molar-refractivity contribution in [3.8, 4) is 22.6 Å². The molecule has 1 aromatic heterocycles. The topological polar surface area (TPSA) is 147 Å². The van der Waals surface area contributed by atoms with Crippen LogP contribution in [0.15, 0.2) is 24.3 Å². The second kappa shape index (κ2) is 9.46. The number of rotatable bonds is 6. The van der Waals surface area contributed by atoms with Crippen LogP contribution >= 0.6 is 0 Å². The molecule has 11 nitrogen and oxygen atoms in total. The van der Waals surface area contributed by atoms with Crippen molar-refractivity contribution in [1.82, 2.24) is 4.98 Å². The van der Waals surface area contributed by atoms with Gasteiger partial charge in [-0.1, -0.05) is 12.1 Å². The maximum absolute atomic E-state index is 11.9. The number of aryl methyl sites for hydroxylation is 2. The summed E-state index contributed by atoms with van der Waals surface area (Å²) in [6.07, 6.45) is -2.19. The molecular formula is C18H18N2O9. The van der Waals surface area contributed by atoms with Gasteiger partial charge in [0, 0.05) is 12.1 Å². The lowest BCUT2D eigenvalue weighted by Crippen LogP contribution is -2.16. The number of carbonyl (C=O) groups is 2. The van der Waals surface area contributed by atoms with E-state index in [0.717, 1.165) is 7.11 Å². The van der Waals surface area contributed by atoms with Gasteiger partial charge in [-0.3, -0.25) is 15.1 Å². The zero-order chi connectivity index (χ0) is 21.6. The third kappa shape index (κ3) is 5.17. The Bertz CT molecular complexity index is 943. The van der Waals surface area contributed by atoms with E-state index in [2.05, 4.69) is 9.72 Å². The molecule has 0 radical (unpaired) electrons. The van der Waals surface area contributed by atoms with Crippen LogP contribution in [0.3, 0.4) is 0 Å². The lowest BCUT2D eigenvalue weighted by molar-refractivity contribution is -0.384. The van der Waals surface area contributed by atoms with Crippen LogP contribution in [0, 0.1) is 24.0 Å². The molecule has 29 heavy (non-hydrogen) atoms. The molecule has 1 N–H and O–H groups in total. The molecule has 0 atom stereocenters. The number of aliphatic hydroxyl groups is 1. The van der Waals surface area contributed by atoms with E-state index < -0.39 is 23.8 Å². The van der Waals surface area contributed by atoms with Gasteiger partial charge < -0.3 is 24.1 Å². The van der Waals surface area contributed by atoms with E-state index in [4.69, 9.17) is 19.3 Å². The van der Waals surface area contributed by atoms with Crippen LogP contribution in [0.2, 0.25) is 0 Å². The number of pyridine rings is 1. The Morgan fingerprint density at radius 1 is 1.14 bits per heavy atom. The fraction of sp³-hybridized carbons (Fsp3) is 0.278. The Balaban J connectivity index is 2.70. The summed E-state index contributed by atoms with van der Waals surface area (Å²) in [5.41, 5.74) is 0.571. The van der Waals surface area contributed by atoms with E-state index in [9.17, 15) is 19.7 Å². The summed E-state index contributed by atoms with van der Waals surface area (Å²) >= 11 is 0. The van der Waals surface area contributed by atoms with E-state index >= 15 is 0 Å². The van der Waals surface area contributed by atoms with Gasteiger partial charge in [0.05, 0.1) is 35.6 Å². The van der Waals surface area contributed by atoms with Gasteiger partial charge in [-0.2, -0.15) is 0 Å². The molecule has 2 aromatic rings. The van der Waals surface area contributed by atoms with Gasteiger partial charge >= 0.3 is 12.3 Å². The van der Waals surface area contributed by atoms with E-state index in [1.807, 2.05) is 0 Å². The number of nitro benzene ring substituents is 1. The van der Waals surface area contributed by atoms with Crippen LogP contribution in [0.25, 0.3) is 11.1 Å². The fourth-order valence-corrected chi connectivity index (χ4v) is 2.47. The monoisotopic (exact) mass is 406 g/mol. The molecular weight excluding hydrogens is 388 g/mol. The molecule has 0 aliphatic carbocycles. The minimum absolute atomic E-state index is 0.0741. The first-order chi connectivity index (χ1) is 13.8. The van der Waals surface area contributed by atoms with Gasteiger partial charge in [-0.25, -0.2) is 9.59 Å². The molecule has 0 saturated heterocycles. The van der Waals surface area contributed by atoms with Crippen molar-refractivity contribution in [1.29, 1.82) is 0 Å². The molecule has 0 aliphatic heterocycles. The van der Waals surface area contributed by atoms with Crippen LogP contribution in [0.1, 0.15) is 11.4 Å². The standard InChI is InChI=1S/C18H18N2O9/c1-10-15(28-17(22)26-3)14(12-5-4-6-13(9-12)20(24)25)16(11(2)19-10)29-18(23)27-8-7-21/h4-6,9,21H,7-8H2,1-3H3. The summed E-state index contributed by atoms with van der Waals surface area (Å²) in [7, 11) is 1.11. The molecule has 1 heterocycles. The Labute approximate surface area is 164 Å². The number of hydrogen-bond donors (Lipinski definition) is 1. The molecule has 2 rings (SSSR count). The van der Waals surface area contributed by atoms with Crippen molar-refractivity contribution in [3.63, 3.8) is 0 Å². The van der Waals surface area contributed by atoms with E-state index in [0.29, 0.717) is 0 Å². The van der Waals surface area contributed by atoms with Gasteiger partial charge in [0.1, 0.15) is 6.61 Å². The van der Waals surface area contributed by atoms with Crippen molar-refractivity contribution in [3.05, 3.63) is 45.8 Å². The highest BCUT2D eigenvalue weighted by Crippen LogP contribution is 2.43. The summed E-state index contributed by atoms with van der Waals surface area (Å²) in [4.78, 5) is 38.4. The van der Waals surface area contributed by atoms with Crippen LogP contribution < -0.4 is 9.47 Å². The SMILES string of the molecule is COC(=O)Oc1c(C)nc(C)c(OC(=O)OCCO)c1-c1cccc([N+](=O)[O-])c1. The Hall–Kier alpha value is -3.73. The normalized spacial score (nSPS) is 10.2. The lowest BCUT2D eigenvalue weighted by Gasteiger charge is -2.17. The first kappa shape index (κ1) is 21.6. The molecule has 0 aliphatic rings. The number of hydrogen-bond acceptors (Lipinski definition) is 10. The minimum atomic E-state index is -1.14. The zero-order valence-electron chi connectivity index (χ0n) is 15.8. The molecule has 0 fully saturated rings. The molecule has 0 unspecified atom stereocenters. The predicted octanol–water partition coefficient (Wildman–Crippen LogP) is 2.93. The number of nitrogens with zero attached hydrogens (tertiary/aromatic N) is 2. The summed E-state index contributed by atoms with van der Waals surface area (Å²) in [6.45, 7) is 2.37. The van der Waals surface area contributed by atoms with Gasteiger partial charge in [-0.15, -0.1) is 0 Å². The first-order valence-electron chi connectivity index (χ1n) is 8.25. The minimum Gasteiger partial charge on any atom is -0.437 e. The third-order valence-corrected chi connectivity index (χ3v) is 3.64. The molecule has 0 spiro atoms. The maximum atomic E-state index is 11.9. The highest BCUT2D eigenvalue weighted by atomic mass is 16.7. The number of carbonyl (C=O) groups excluding carboxylic acids is 2. The quantitative estimate of drug-likeness (QED) is 0.431. The van der Waals surface area contributed by atoms with Crippen molar-refractivity contribution in [2.75, 3.05) is 20.3 Å². The second-order valence-corrected chi connectivity index (χ2v) is 5.60. The average molecular weight is 406 g/mol. The summed E-state index contributed by atoms with van der Waals surface area (Å²) < 4.78 is 19.6. The smallest absolute Gasteiger partial charge is 0.437 e. The molecule has 11 heteroatoms. The fourth-order valence-electron chi connectivity index (χ4n) is 2.47. The summed E-state index contributed by atoms with van der Waals surface area (Å²) in [5.74, 6) is -0.231.